The quantitative estimate of drug-likeness (QED) is 0.344. The standard InChI is InChI=1S/C31H30FN5O3/c32-26-15-19(24-7-2-1-4-21(24)17-36-12-10-23(38)11-13-36)8-9-25(26)28-30(39)29-27(16-34-28)35-18-37(29)22-6-3-5-20(14-22)31(33)40/h1-9,14-15,18,23,28,34,38H,10-13,16-17H2,(H2,33,40). The predicted octanol–water partition coefficient (Wildman–Crippen LogP) is 3.76. The molecule has 1 saturated heterocycles. The van der Waals surface area contributed by atoms with E-state index in [0.717, 1.165) is 49.2 Å². The number of hydrogen-bond acceptors (Lipinski definition) is 6. The average molecular weight is 540 g/mol. The van der Waals surface area contributed by atoms with Crippen LogP contribution in [0.4, 0.5) is 4.39 Å². The Kier molecular flexibility index (Phi) is 7.02. The maximum Gasteiger partial charge on any atom is 0.248 e. The van der Waals surface area contributed by atoms with Gasteiger partial charge in [-0.15, -0.1) is 0 Å². The summed E-state index contributed by atoms with van der Waals surface area (Å²) in [4.78, 5) is 32.1. The van der Waals surface area contributed by atoms with Crippen LogP contribution >= 0.6 is 0 Å². The van der Waals surface area contributed by atoms with Gasteiger partial charge in [-0.1, -0.05) is 42.5 Å². The Morgan fingerprint density at radius 2 is 1.88 bits per heavy atom. The van der Waals surface area contributed by atoms with Crippen molar-refractivity contribution in [2.45, 2.75) is 38.1 Å². The fourth-order valence-corrected chi connectivity index (χ4v) is 5.65. The molecule has 204 valence electrons. The highest BCUT2D eigenvalue weighted by atomic mass is 19.1. The first-order valence-corrected chi connectivity index (χ1v) is 13.4. The Labute approximate surface area is 231 Å². The predicted molar refractivity (Wildman–Crippen MR) is 148 cm³/mol. The number of halogens is 1. The molecule has 1 atom stereocenters. The molecule has 2 aliphatic rings. The van der Waals surface area contributed by atoms with Crippen molar-refractivity contribution in [3.8, 4) is 16.8 Å². The fraction of sp³-hybridized carbons (Fsp3) is 0.258. The summed E-state index contributed by atoms with van der Waals surface area (Å²) in [5.74, 6) is -1.34. The Bertz CT molecular complexity index is 1590. The maximum absolute atomic E-state index is 15.7. The first kappa shape index (κ1) is 26.1. The lowest BCUT2D eigenvalue weighted by Gasteiger charge is -2.30. The zero-order valence-electron chi connectivity index (χ0n) is 21.9. The number of nitrogens with two attached hydrogens (primary N) is 1. The second-order valence-electron chi connectivity index (χ2n) is 10.4. The molecule has 8 nitrogen and oxygen atoms in total. The van der Waals surface area contributed by atoms with E-state index in [9.17, 15) is 14.7 Å². The molecule has 0 bridgehead atoms. The smallest absolute Gasteiger partial charge is 0.248 e. The van der Waals surface area contributed by atoms with E-state index >= 15 is 4.39 Å². The molecule has 1 fully saturated rings. The molecule has 0 aliphatic carbocycles. The third-order valence-corrected chi connectivity index (χ3v) is 7.81. The maximum atomic E-state index is 15.7. The van der Waals surface area contributed by atoms with Crippen molar-refractivity contribution in [3.63, 3.8) is 0 Å². The molecular weight excluding hydrogens is 509 g/mol. The number of likely N-dealkylation sites (tertiary alicyclic amines) is 1. The first-order valence-electron chi connectivity index (χ1n) is 13.4. The van der Waals surface area contributed by atoms with Crippen LogP contribution in [-0.4, -0.2) is 50.4 Å². The van der Waals surface area contributed by atoms with E-state index in [2.05, 4.69) is 15.2 Å². The number of Topliss-reactive ketones (excluding diaryl/α,β-unsaturated/α-hetero) is 1. The van der Waals surface area contributed by atoms with Crippen molar-refractivity contribution in [2.24, 2.45) is 5.73 Å². The molecule has 40 heavy (non-hydrogen) atoms. The van der Waals surface area contributed by atoms with Crippen LogP contribution in [0.2, 0.25) is 0 Å². The van der Waals surface area contributed by atoms with Crippen molar-refractivity contribution < 1.29 is 19.1 Å². The van der Waals surface area contributed by atoms with Gasteiger partial charge in [0, 0.05) is 43.0 Å². The number of carbonyl (C=O) groups is 2. The molecule has 3 heterocycles. The number of benzene rings is 3. The molecule has 3 aromatic carbocycles. The van der Waals surface area contributed by atoms with Crippen LogP contribution in [0.25, 0.3) is 16.8 Å². The van der Waals surface area contributed by atoms with Crippen LogP contribution in [0.1, 0.15) is 56.6 Å². The third-order valence-electron chi connectivity index (χ3n) is 7.81. The number of imidazole rings is 1. The number of aliphatic hydroxyl groups excluding tert-OH is 1. The van der Waals surface area contributed by atoms with E-state index in [-0.39, 0.29) is 17.5 Å². The molecule has 6 rings (SSSR count). The van der Waals surface area contributed by atoms with Gasteiger partial charge in [0.1, 0.15) is 23.9 Å². The molecule has 4 aromatic rings. The van der Waals surface area contributed by atoms with E-state index in [1.807, 2.05) is 30.3 Å². The topological polar surface area (TPSA) is 113 Å². The number of aromatic nitrogens is 2. The molecule has 0 spiro atoms. The van der Waals surface area contributed by atoms with Crippen LogP contribution < -0.4 is 11.1 Å². The minimum atomic E-state index is -0.883. The minimum Gasteiger partial charge on any atom is -0.393 e. The largest absolute Gasteiger partial charge is 0.393 e. The van der Waals surface area contributed by atoms with Gasteiger partial charge in [-0.3, -0.25) is 24.4 Å². The van der Waals surface area contributed by atoms with Crippen LogP contribution in [0.5, 0.6) is 0 Å². The number of primary amides is 1. The molecule has 1 amide bonds. The molecule has 1 aromatic heterocycles. The number of carbonyl (C=O) groups excluding carboxylic acids is 2. The van der Waals surface area contributed by atoms with Gasteiger partial charge in [-0.05, 0) is 53.8 Å². The second-order valence-corrected chi connectivity index (χ2v) is 10.4. The number of nitrogens with one attached hydrogen (secondary N) is 1. The summed E-state index contributed by atoms with van der Waals surface area (Å²) in [7, 11) is 0. The summed E-state index contributed by atoms with van der Waals surface area (Å²) in [6.07, 6.45) is 2.81. The second kappa shape index (κ2) is 10.8. The number of hydrogen-bond donors (Lipinski definition) is 3. The molecule has 0 saturated carbocycles. The zero-order valence-corrected chi connectivity index (χ0v) is 21.9. The van der Waals surface area contributed by atoms with Gasteiger partial charge in [0.25, 0.3) is 0 Å². The lowest BCUT2D eigenvalue weighted by atomic mass is 9.92. The van der Waals surface area contributed by atoms with Crippen molar-refractivity contribution in [1.82, 2.24) is 19.8 Å². The summed E-state index contributed by atoms with van der Waals surface area (Å²) in [5, 5.41) is 13.0. The number of rotatable bonds is 6. The summed E-state index contributed by atoms with van der Waals surface area (Å²) >= 11 is 0. The van der Waals surface area contributed by atoms with Crippen molar-refractivity contribution >= 4 is 11.7 Å². The van der Waals surface area contributed by atoms with Gasteiger partial charge in [-0.25, -0.2) is 9.37 Å². The van der Waals surface area contributed by atoms with E-state index in [1.54, 1.807) is 34.9 Å². The van der Waals surface area contributed by atoms with E-state index < -0.39 is 17.8 Å². The van der Waals surface area contributed by atoms with Gasteiger partial charge >= 0.3 is 0 Å². The van der Waals surface area contributed by atoms with Gasteiger partial charge < -0.3 is 10.8 Å². The molecule has 2 aliphatic heterocycles. The number of amides is 1. The van der Waals surface area contributed by atoms with Crippen LogP contribution in [0.3, 0.4) is 0 Å². The highest BCUT2D eigenvalue weighted by molar-refractivity contribution is 6.02. The highest BCUT2D eigenvalue weighted by Crippen LogP contribution is 2.32. The number of ketones is 1. The third kappa shape index (κ3) is 4.95. The number of piperidine rings is 1. The minimum absolute atomic E-state index is 0.237. The Hall–Kier alpha value is -4.18. The molecule has 4 N–H and O–H groups in total. The van der Waals surface area contributed by atoms with Crippen molar-refractivity contribution in [3.05, 3.63) is 107 Å². The normalized spacial score (nSPS) is 18.1. The zero-order chi connectivity index (χ0) is 27.8. The molecular formula is C31H30FN5O3. The monoisotopic (exact) mass is 539 g/mol. The van der Waals surface area contributed by atoms with Crippen LogP contribution in [0.15, 0.2) is 73.1 Å². The highest BCUT2D eigenvalue weighted by Gasteiger charge is 2.34. The van der Waals surface area contributed by atoms with Gasteiger partial charge in [0.05, 0.1) is 11.8 Å². The van der Waals surface area contributed by atoms with Gasteiger partial charge in [0.2, 0.25) is 11.7 Å². The SMILES string of the molecule is NC(=O)c1cccc(-n2cnc3c2C(=O)C(c2ccc(-c4ccccc4CN4CCC(O)CC4)cc2F)NC3)c1. The first-order chi connectivity index (χ1) is 19.4. The molecule has 9 heteroatoms. The van der Waals surface area contributed by atoms with Gasteiger partial charge in [0.15, 0.2) is 0 Å². The lowest BCUT2D eigenvalue weighted by molar-refractivity contribution is 0.0793. The van der Waals surface area contributed by atoms with E-state index in [0.29, 0.717) is 29.2 Å². The number of fused-ring (bicyclic) bond motifs is 1. The lowest BCUT2D eigenvalue weighted by Crippen LogP contribution is -2.36. The van der Waals surface area contributed by atoms with Crippen molar-refractivity contribution in [1.29, 1.82) is 0 Å². The Morgan fingerprint density at radius 1 is 1.07 bits per heavy atom. The Balaban J connectivity index is 1.28. The Morgan fingerprint density at radius 3 is 2.65 bits per heavy atom. The fourth-order valence-electron chi connectivity index (χ4n) is 5.65. The summed E-state index contributed by atoms with van der Waals surface area (Å²) in [5.41, 5.74) is 10.3. The van der Waals surface area contributed by atoms with E-state index in [1.165, 1.54) is 12.4 Å². The summed E-state index contributed by atoms with van der Waals surface area (Å²) in [6, 6.07) is 18.8. The van der Waals surface area contributed by atoms with Crippen molar-refractivity contribution in [2.75, 3.05) is 13.1 Å². The summed E-state index contributed by atoms with van der Waals surface area (Å²) < 4.78 is 17.3. The number of aliphatic hydroxyl groups is 1. The summed E-state index contributed by atoms with van der Waals surface area (Å²) in [6.45, 7) is 2.66. The number of nitrogens with zero attached hydrogens (tertiary/aromatic N) is 3. The van der Waals surface area contributed by atoms with Gasteiger partial charge in [-0.2, -0.15) is 0 Å². The van der Waals surface area contributed by atoms with Crippen LogP contribution in [0, 0.1) is 5.82 Å². The van der Waals surface area contributed by atoms with Crippen LogP contribution in [-0.2, 0) is 13.1 Å². The van der Waals surface area contributed by atoms with E-state index in [4.69, 9.17) is 5.73 Å². The molecule has 1 unspecified atom stereocenters. The molecule has 0 radical (unpaired) electrons. The average Bonchev–Trinajstić information content (AvgIpc) is 3.40.